The minimum atomic E-state index is -1.42. The van der Waals surface area contributed by atoms with Crippen molar-refractivity contribution in [2.24, 2.45) is 10.2 Å². The van der Waals surface area contributed by atoms with Gasteiger partial charge in [-0.2, -0.15) is 20.8 Å². The fraction of sp³-hybridized carbons (Fsp3) is 0.273. The largest absolute Gasteiger partial charge is 0.252 e. The van der Waals surface area contributed by atoms with Gasteiger partial charge in [0.1, 0.15) is 17.8 Å². The number of hydrogen-bond acceptors (Lipinski definition) is 4. The zero-order valence-electron chi connectivity index (χ0n) is 8.68. The Morgan fingerprint density at radius 1 is 1.31 bits per heavy atom. The van der Waals surface area contributed by atoms with Gasteiger partial charge < -0.3 is 0 Å². The molecule has 0 amide bonds. The first-order valence-electron chi connectivity index (χ1n) is 4.67. The summed E-state index contributed by atoms with van der Waals surface area (Å²) < 4.78 is 0. The summed E-state index contributed by atoms with van der Waals surface area (Å²) in [4.78, 5) is 0. The molecule has 0 aliphatic heterocycles. The van der Waals surface area contributed by atoms with Crippen LogP contribution < -0.4 is 0 Å². The zero-order valence-corrected chi connectivity index (χ0v) is 9.44. The average Bonchev–Trinajstić information content (AvgIpc) is 2.34. The molecule has 0 saturated carbocycles. The van der Waals surface area contributed by atoms with E-state index in [0.29, 0.717) is 10.7 Å². The molecular weight excluding hydrogens is 224 g/mol. The van der Waals surface area contributed by atoms with Crippen molar-refractivity contribution in [3.8, 4) is 12.1 Å². The molecule has 1 aromatic rings. The van der Waals surface area contributed by atoms with Crippen molar-refractivity contribution < 1.29 is 0 Å². The van der Waals surface area contributed by atoms with E-state index in [-0.39, 0.29) is 6.42 Å². The van der Waals surface area contributed by atoms with E-state index >= 15 is 0 Å². The van der Waals surface area contributed by atoms with Crippen LogP contribution in [0.4, 0.5) is 5.69 Å². The van der Waals surface area contributed by atoms with Crippen molar-refractivity contribution in [2.45, 2.75) is 18.9 Å². The number of halogens is 1. The molecule has 16 heavy (non-hydrogen) atoms. The molecule has 0 aromatic heterocycles. The second-order valence-electron chi connectivity index (χ2n) is 3.09. The normalized spacial score (nSPS) is 11.0. The van der Waals surface area contributed by atoms with Crippen LogP contribution >= 0.6 is 11.6 Å². The highest BCUT2D eigenvalue weighted by Crippen LogP contribution is 2.26. The summed E-state index contributed by atoms with van der Waals surface area (Å²) in [5, 5.41) is 25.8. The van der Waals surface area contributed by atoms with E-state index in [2.05, 4.69) is 10.2 Å². The van der Waals surface area contributed by atoms with Crippen LogP contribution in [0.15, 0.2) is 34.5 Å². The van der Waals surface area contributed by atoms with Crippen molar-refractivity contribution in [3.05, 3.63) is 29.3 Å². The summed E-state index contributed by atoms with van der Waals surface area (Å²) in [7, 11) is 0. The minimum Gasteiger partial charge on any atom is -0.194 e. The molecule has 0 fully saturated rings. The van der Waals surface area contributed by atoms with Crippen molar-refractivity contribution in [1.29, 1.82) is 10.5 Å². The highest BCUT2D eigenvalue weighted by molar-refractivity contribution is 6.32. The molecule has 0 atom stereocenters. The summed E-state index contributed by atoms with van der Waals surface area (Å²) in [5.41, 5.74) is -0.966. The van der Waals surface area contributed by atoms with E-state index < -0.39 is 5.54 Å². The molecule has 0 aliphatic rings. The van der Waals surface area contributed by atoms with Crippen LogP contribution in [0.1, 0.15) is 13.3 Å². The monoisotopic (exact) mass is 232 g/mol. The Hall–Kier alpha value is -1.91. The van der Waals surface area contributed by atoms with E-state index in [4.69, 9.17) is 22.1 Å². The fourth-order valence-electron chi connectivity index (χ4n) is 0.971. The topological polar surface area (TPSA) is 72.3 Å². The van der Waals surface area contributed by atoms with Gasteiger partial charge in [-0.15, -0.1) is 0 Å². The molecule has 0 heterocycles. The van der Waals surface area contributed by atoms with Crippen molar-refractivity contribution in [2.75, 3.05) is 0 Å². The van der Waals surface area contributed by atoms with Crippen LogP contribution in [0.5, 0.6) is 0 Å². The molecule has 0 aliphatic carbocycles. The van der Waals surface area contributed by atoms with Crippen LogP contribution in [0.2, 0.25) is 5.02 Å². The Bertz CT molecular complexity index is 467. The van der Waals surface area contributed by atoms with Gasteiger partial charge in [-0.3, -0.25) is 0 Å². The highest BCUT2D eigenvalue weighted by atomic mass is 35.5. The van der Waals surface area contributed by atoms with Gasteiger partial charge in [-0.05, 0) is 18.6 Å². The second-order valence-corrected chi connectivity index (χ2v) is 3.50. The summed E-state index contributed by atoms with van der Waals surface area (Å²) in [6, 6.07) is 10.5. The first kappa shape index (κ1) is 12.2. The zero-order chi connectivity index (χ0) is 12.0. The molecule has 0 unspecified atom stereocenters. The molecule has 0 bridgehead atoms. The van der Waals surface area contributed by atoms with Crippen molar-refractivity contribution in [3.63, 3.8) is 0 Å². The Morgan fingerprint density at radius 2 is 1.94 bits per heavy atom. The lowest BCUT2D eigenvalue weighted by Gasteiger charge is -2.07. The molecule has 0 spiro atoms. The first-order chi connectivity index (χ1) is 7.67. The van der Waals surface area contributed by atoms with Gasteiger partial charge in [-0.25, -0.2) is 0 Å². The SMILES string of the molecule is CCC(C#N)(C#N)N=Nc1ccccc1Cl. The number of hydrogen-bond donors (Lipinski definition) is 0. The Balaban J connectivity index is 3.03. The molecule has 4 nitrogen and oxygen atoms in total. The predicted molar refractivity (Wildman–Crippen MR) is 60.2 cm³/mol. The summed E-state index contributed by atoms with van der Waals surface area (Å²) in [5.74, 6) is 0. The minimum absolute atomic E-state index is 0.286. The van der Waals surface area contributed by atoms with E-state index in [9.17, 15) is 0 Å². The van der Waals surface area contributed by atoms with E-state index in [1.165, 1.54) is 0 Å². The number of rotatable bonds is 3. The molecule has 0 N–H and O–H groups in total. The quantitative estimate of drug-likeness (QED) is 0.747. The van der Waals surface area contributed by atoms with Crippen LogP contribution in [0.3, 0.4) is 0 Å². The third kappa shape index (κ3) is 2.56. The van der Waals surface area contributed by atoms with E-state index in [1.807, 2.05) is 12.1 Å². The van der Waals surface area contributed by atoms with Gasteiger partial charge in [0, 0.05) is 0 Å². The van der Waals surface area contributed by atoms with Gasteiger partial charge in [0.2, 0.25) is 0 Å². The molecule has 80 valence electrons. The van der Waals surface area contributed by atoms with Crippen LogP contribution in [0, 0.1) is 22.7 Å². The van der Waals surface area contributed by atoms with Gasteiger partial charge >= 0.3 is 0 Å². The maximum Gasteiger partial charge on any atom is 0.252 e. The average molecular weight is 233 g/mol. The lowest BCUT2D eigenvalue weighted by Crippen LogP contribution is -2.19. The van der Waals surface area contributed by atoms with E-state index in [1.54, 1.807) is 31.2 Å². The van der Waals surface area contributed by atoms with Crippen molar-refractivity contribution >= 4 is 17.3 Å². The fourth-order valence-corrected chi connectivity index (χ4v) is 1.14. The summed E-state index contributed by atoms with van der Waals surface area (Å²) in [6.45, 7) is 1.71. The van der Waals surface area contributed by atoms with Gasteiger partial charge in [0.15, 0.2) is 0 Å². The Morgan fingerprint density at radius 3 is 2.44 bits per heavy atom. The van der Waals surface area contributed by atoms with Gasteiger partial charge in [0.05, 0.1) is 5.02 Å². The number of nitrogens with zero attached hydrogens (tertiary/aromatic N) is 4. The van der Waals surface area contributed by atoms with Crippen LogP contribution in [0.25, 0.3) is 0 Å². The maximum absolute atomic E-state index is 8.86. The molecule has 0 radical (unpaired) electrons. The summed E-state index contributed by atoms with van der Waals surface area (Å²) >= 11 is 5.86. The number of benzene rings is 1. The molecular formula is C11H9ClN4. The van der Waals surface area contributed by atoms with Crippen molar-refractivity contribution in [1.82, 2.24) is 0 Å². The third-order valence-electron chi connectivity index (χ3n) is 2.06. The lowest BCUT2D eigenvalue weighted by molar-refractivity contribution is 0.627. The van der Waals surface area contributed by atoms with Crippen LogP contribution in [-0.2, 0) is 0 Å². The standard InChI is InChI=1S/C11H9ClN4/c1-2-11(7-13,8-14)16-15-10-6-4-3-5-9(10)12/h3-6H,2H2,1H3. The molecule has 5 heteroatoms. The summed E-state index contributed by atoms with van der Waals surface area (Å²) in [6.07, 6.45) is 0.286. The lowest BCUT2D eigenvalue weighted by atomic mass is 10.0. The Labute approximate surface area is 98.8 Å². The third-order valence-corrected chi connectivity index (χ3v) is 2.38. The second kappa shape index (κ2) is 5.25. The molecule has 1 rings (SSSR count). The molecule has 1 aromatic carbocycles. The van der Waals surface area contributed by atoms with Gasteiger partial charge in [0.25, 0.3) is 5.54 Å². The highest BCUT2D eigenvalue weighted by Gasteiger charge is 2.27. The predicted octanol–water partition coefficient (Wildman–Crippen LogP) is 3.62. The smallest absolute Gasteiger partial charge is 0.194 e. The van der Waals surface area contributed by atoms with E-state index in [0.717, 1.165) is 0 Å². The Kier molecular flexibility index (Phi) is 3.99. The number of azo groups is 1. The molecule has 0 saturated heterocycles. The first-order valence-corrected chi connectivity index (χ1v) is 5.05. The van der Waals surface area contributed by atoms with Gasteiger partial charge in [-0.1, -0.05) is 30.7 Å². The number of nitriles is 2. The maximum atomic E-state index is 8.86. The van der Waals surface area contributed by atoms with Crippen LogP contribution in [-0.4, -0.2) is 5.54 Å².